The zero-order valence-electron chi connectivity index (χ0n) is 16.1. The fourth-order valence-corrected chi connectivity index (χ4v) is 4.31. The second-order valence-corrected chi connectivity index (χ2v) is 8.03. The minimum Gasteiger partial charge on any atom is -0.505 e. The van der Waals surface area contributed by atoms with E-state index in [1.807, 2.05) is 25.1 Å². The van der Waals surface area contributed by atoms with Crippen LogP contribution in [0.15, 0.2) is 41.2 Å². The molecule has 0 radical (unpaired) electrons. The predicted octanol–water partition coefficient (Wildman–Crippen LogP) is 5.08. The molecule has 0 spiro atoms. The van der Waals surface area contributed by atoms with Crippen molar-refractivity contribution in [3.63, 3.8) is 0 Å². The molecule has 0 unspecified atom stereocenters. The molecule has 1 N–H and O–H groups in total. The van der Waals surface area contributed by atoms with E-state index in [-0.39, 0.29) is 16.9 Å². The highest BCUT2D eigenvalue weighted by molar-refractivity contribution is 7.20. The van der Waals surface area contributed by atoms with Crippen LogP contribution in [-0.4, -0.2) is 19.9 Å². The Hall–Kier alpha value is -2.90. The summed E-state index contributed by atoms with van der Waals surface area (Å²) in [6, 6.07) is 10.9. The van der Waals surface area contributed by atoms with Crippen LogP contribution >= 0.6 is 22.9 Å². The van der Waals surface area contributed by atoms with Crippen molar-refractivity contribution >= 4 is 33.2 Å². The van der Waals surface area contributed by atoms with Crippen LogP contribution in [-0.2, 0) is 13.5 Å². The molecule has 2 heterocycles. The fraction of sp³-hybridized carbons (Fsp3) is 0.190. The number of fused-ring (bicyclic) bond motifs is 1. The fourth-order valence-electron chi connectivity index (χ4n) is 3.20. The molecule has 6 nitrogen and oxygen atoms in total. The lowest BCUT2D eigenvalue weighted by atomic mass is 9.98. The normalized spacial score (nSPS) is 11.2. The van der Waals surface area contributed by atoms with Crippen molar-refractivity contribution in [1.29, 1.82) is 0 Å². The first-order valence-corrected chi connectivity index (χ1v) is 10.2. The number of hydrogen-bond acceptors (Lipinski definition) is 6. The van der Waals surface area contributed by atoms with E-state index in [0.717, 1.165) is 15.8 Å². The Morgan fingerprint density at radius 2 is 2.03 bits per heavy atom. The van der Waals surface area contributed by atoms with Gasteiger partial charge in [-0.25, -0.2) is 9.67 Å². The summed E-state index contributed by atoms with van der Waals surface area (Å²) >= 11 is 7.45. The summed E-state index contributed by atoms with van der Waals surface area (Å²) in [5.74, 6) is 0.511. The predicted molar refractivity (Wildman–Crippen MR) is 115 cm³/mol. The first-order chi connectivity index (χ1) is 13.9. The first kappa shape index (κ1) is 19.4. The van der Waals surface area contributed by atoms with Crippen LogP contribution in [0.2, 0.25) is 5.02 Å². The molecule has 2 aromatic carbocycles. The third kappa shape index (κ3) is 3.59. The molecule has 0 aliphatic carbocycles. The van der Waals surface area contributed by atoms with Crippen molar-refractivity contribution in [1.82, 2.24) is 14.8 Å². The number of nitrogens with zero attached hydrogens (tertiary/aromatic N) is 3. The molecule has 4 aromatic rings. The van der Waals surface area contributed by atoms with Gasteiger partial charge in [0.25, 0.3) is 10.8 Å². The van der Waals surface area contributed by atoms with Crippen molar-refractivity contribution in [2.24, 2.45) is 7.05 Å². The highest BCUT2D eigenvalue weighted by Gasteiger charge is 2.18. The van der Waals surface area contributed by atoms with Crippen LogP contribution in [0.25, 0.3) is 21.3 Å². The molecule has 0 aliphatic heterocycles. The van der Waals surface area contributed by atoms with E-state index in [4.69, 9.17) is 16.3 Å². The van der Waals surface area contributed by atoms with E-state index in [0.29, 0.717) is 33.6 Å². The van der Waals surface area contributed by atoms with Crippen molar-refractivity contribution < 1.29 is 9.84 Å². The lowest BCUT2D eigenvalue weighted by molar-refractivity contribution is 0.460. The van der Waals surface area contributed by atoms with Gasteiger partial charge in [0.2, 0.25) is 0 Å². The Morgan fingerprint density at radius 3 is 2.79 bits per heavy atom. The second-order valence-electron chi connectivity index (χ2n) is 6.60. The van der Waals surface area contributed by atoms with Gasteiger partial charge in [0.15, 0.2) is 5.75 Å². The van der Waals surface area contributed by atoms with Gasteiger partial charge in [0, 0.05) is 12.1 Å². The van der Waals surface area contributed by atoms with Crippen molar-refractivity contribution in [3.05, 3.63) is 63.0 Å². The maximum absolute atomic E-state index is 12.6. The number of aryl methyl sites for hydroxylation is 3. The van der Waals surface area contributed by atoms with Gasteiger partial charge in [0.1, 0.15) is 11.4 Å². The number of aromatic nitrogens is 3. The average Bonchev–Trinajstić information content (AvgIpc) is 3.08. The zero-order chi connectivity index (χ0) is 20.7. The van der Waals surface area contributed by atoms with Gasteiger partial charge in [-0.05, 0) is 54.8 Å². The Balaban J connectivity index is 1.75. The summed E-state index contributed by atoms with van der Waals surface area (Å²) in [5.41, 5.74) is 2.67. The molecule has 0 aliphatic rings. The molecule has 0 bridgehead atoms. The molecule has 0 amide bonds. The van der Waals surface area contributed by atoms with E-state index < -0.39 is 0 Å². The lowest BCUT2D eigenvalue weighted by Gasteiger charge is -2.13. The summed E-state index contributed by atoms with van der Waals surface area (Å²) in [6.07, 6.45) is 0.659. The van der Waals surface area contributed by atoms with E-state index in [1.165, 1.54) is 16.0 Å². The van der Waals surface area contributed by atoms with E-state index in [9.17, 15) is 9.90 Å². The molecule has 4 rings (SSSR count). The summed E-state index contributed by atoms with van der Waals surface area (Å²) < 4.78 is 8.13. The molecule has 2 aromatic heterocycles. The maximum atomic E-state index is 12.6. The Labute approximate surface area is 176 Å². The third-order valence-corrected chi connectivity index (χ3v) is 5.78. The van der Waals surface area contributed by atoms with E-state index in [2.05, 4.69) is 10.1 Å². The zero-order valence-corrected chi connectivity index (χ0v) is 17.6. The summed E-state index contributed by atoms with van der Waals surface area (Å²) in [6.45, 7) is 3.65. The summed E-state index contributed by atoms with van der Waals surface area (Å²) in [5, 5.41) is 15.6. The van der Waals surface area contributed by atoms with Crippen LogP contribution < -0.4 is 10.3 Å². The van der Waals surface area contributed by atoms with Gasteiger partial charge in [-0.2, -0.15) is 5.10 Å². The molecule has 0 saturated carbocycles. The molecule has 0 saturated heterocycles. The maximum Gasteiger partial charge on any atom is 0.279 e. The summed E-state index contributed by atoms with van der Waals surface area (Å²) in [4.78, 5) is 17.1. The minimum absolute atomic E-state index is 0.0977. The van der Waals surface area contributed by atoms with E-state index >= 15 is 0 Å². The average molecular weight is 428 g/mol. The first-order valence-electron chi connectivity index (χ1n) is 9.01. The quantitative estimate of drug-likeness (QED) is 0.491. The van der Waals surface area contributed by atoms with Gasteiger partial charge in [-0.3, -0.25) is 4.79 Å². The monoisotopic (exact) mass is 427 g/mol. The smallest absolute Gasteiger partial charge is 0.279 e. The van der Waals surface area contributed by atoms with Crippen molar-refractivity contribution in [2.45, 2.75) is 20.3 Å². The number of aromatic hydroxyl groups is 1. The Bertz CT molecular complexity index is 1300. The summed E-state index contributed by atoms with van der Waals surface area (Å²) in [7, 11) is 1.57. The van der Waals surface area contributed by atoms with Gasteiger partial charge in [-0.15, -0.1) is 0 Å². The van der Waals surface area contributed by atoms with Gasteiger partial charge in [0.05, 0.1) is 15.8 Å². The number of hydrogen-bond donors (Lipinski definition) is 1. The molecule has 148 valence electrons. The SMILES string of the molecule is CCc1cc(Oc2nc3ccc(Cl)cc3s2)ccc1-c1c(O)c(C)nn(C)c1=O. The number of ether oxygens (including phenoxy) is 1. The lowest BCUT2D eigenvalue weighted by Crippen LogP contribution is -2.22. The van der Waals surface area contributed by atoms with Crippen LogP contribution in [0.4, 0.5) is 0 Å². The molecule has 29 heavy (non-hydrogen) atoms. The van der Waals surface area contributed by atoms with Crippen LogP contribution in [0.1, 0.15) is 18.2 Å². The molecule has 0 fully saturated rings. The van der Waals surface area contributed by atoms with Crippen LogP contribution in [0, 0.1) is 6.92 Å². The van der Waals surface area contributed by atoms with Crippen LogP contribution in [0.3, 0.4) is 0 Å². The van der Waals surface area contributed by atoms with Gasteiger partial charge < -0.3 is 9.84 Å². The third-order valence-electron chi connectivity index (χ3n) is 4.65. The molecular formula is C21H18ClN3O3S. The van der Waals surface area contributed by atoms with E-state index in [1.54, 1.807) is 32.2 Å². The number of rotatable bonds is 4. The van der Waals surface area contributed by atoms with Crippen molar-refractivity contribution in [2.75, 3.05) is 0 Å². The highest BCUT2D eigenvalue weighted by Crippen LogP contribution is 2.36. The highest BCUT2D eigenvalue weighted by atomic mass is 35.5. The standard InChI is InChI=1S/C21H18ClN3O3S/c1-4-12-9-14(28-21-23-16-8-5-13(22)10-17(16)29-21)6-7-15(12)18-19(26)11(2)24-25(3)20(18)27/h5-10,26H,4H2,1-3H3. The molecule has 8 heteroatoms. The Kier molecular flexibility index (Phi) is 5.02. The van der Waals surface area contributed by atoms with Gasteiger partial charge >= 0.3 is 0 Å². The van der Waals surface area contributed by atoms with Crippen molar-refractivity contribution in [3.8, 4) is 27.8 Å². The van der Waals surface area contributed by atoms with Gasteiger partial charge in [-0.1, -0.05) is 35.9 Å². The number of thiazole rings is 1. The molecule has 0 atom stereocenters. The number of benzene rings is 2. The topological polar surface area (TPSA) is 77.2 Å². The number of halogens is 1. The second kappa shape index (κ2) is 7.50. The molecular weight excluding hydrogens is 410 g/mol. The van der Waals surface area contributed by atoms with Crippen LogP contribution in [0.5, 0.6) is 16.7 Å². The minimum atomic E-state index is -0.348. The largest absolute Gasteiger partial charge is 0.505 e. The Morgan fingerprint density at radius 1 is 1.24 bits per heavy atom.